The van der Waals surface area contributed by atoms with Crippen molar-refractivity contribution < 1.29 is 9.53 Å². The summed E-state index contributed by atoms with van der Waals surface area (Å²) in [6.45, 7) is 0.554. The third-order valence-corrected chi connectivity index (χ3v) is 4.41. The van der Waals surface area contributed by atoms with Crippen LogP contribution in [0.1, 0.15) is 11.1 Å². The van der Waals surface area contributed by atoms with Gasteiger partial charge in [0.1, 0.15) is 5.75 Å². The molecule has 2 aromatic rings. The molecule has 5 heteroatoms. The first-order valence-electron chi connectivity index (χ1n) is 7.32. The highest BCUT2D eigenvalue weighted by Gasteiger charge is 2.11. The van der Waals surface area contributed by atoms with Crippen molar-refractivity contribution in [1.82, 2.24) is 4.90 Å². The predicted molar refractivity (Wildman–Crippen MR) is 95.8 cm³/mol. The van der Waals surface area contributed by atoms with Crippen molar-refractivity contribution in [3.8, 4) is 5.75 Å². The molecule has 122 valence electrons. The average Bonchev–Trinajstić information content (AvgIpc) is 2.56. The van der Waals surface area contributed by atoms with Gasteiger partial charge >= 0.3 is 0 Å². The van der Waals surface area contributed by atoms with E-state index in [9.17, 15) is 4.79 Å². The van der Waals surface area contributed by atoms with Crippen LogP contribution < -0.4 is 10.5 Å². The summed E-state index contributed by atoms with van der Waals surface area (Å²) in [5.41, 5.74) is 8.38. The van der Waals surface area contributed by atoms with Gasteiger partial charge in [-0.15, -0.1) is 11.8 Å². The largest absolute Gasteiger partial charge is 0.496 e. The number of rotatable bonds is 6. The van der Waals surface area contributed by atoms with Crippen molar-refractivity contribution in [2.24, 2.45) is 0 Å². The molecule has 2 aromatic carbocycles. The van der Waals surface area contributed by atoms with Crippen molar-refractivity contribution in [2.45, 2.75) is 17.9 Å². The van der Waals surface area contributed by atoms with E-state index in [0.717, 1.165) is 21.8 Å². The summed E-state index contributed by atoms with van der Waals surface area (Å²) in [4.78, 5) is 15.2. The van der Waals surface area contributed by atoms with Crippen molar-refractivity contribution >= 4 is 23.4 Å². The maximum absolute atomic E-state index is 12.3. The van der Waals surface area contributed by atoms with Gasteiger partial charge in [-0.25, -0.2) is 0 Å². The number of thioether (sulfide) groups is 1. The Bertz CT molecular complexity index is 671. The van der Waals surface area contributed by atoms with E-state index >= 15 is 0 Å². The first-order chi connectivity index (χ1) is 11.0. The number of benzene rings is 2. The molecular formula is C18H22N2O2S. The molecule has 0 saturated carbocycles. The molecule has 0 aromatic heterocycles. The van der Waals surface area contributed by atoms with Crippen LogP contribution in [0, 0.1) is 0 Å². The molecule has 0 bridgehead atoms. The molecule has 1 amide bonds. The normalized spacial score (nSPS) is 10.4. The SMILES string of the molecule is COc1cc(CN(C)C(=O)Cc2ccc(N)cc2)ccc1SC. The van der Waals surface area contributed by atoms with Gasteiger partial charge in [0.05, 0.1) is 13.5 Å². The van der Waals surface area contributed by atoms with Crippen LogP contribution in [-0.2, 0) is 17.8 Å². The molecule has 23 heavy (non-hydrogen) atoms. The fraction of sp³-hybridized carbons (Fsp3) is 0.278. The molecule has 0 spiro atoms. The molecule has 4 nitrogen and oxygen atoms in total. The molecule has 0 aliphatic rings. The van der Waals surface area contributed by atoms with E-state index in [4.69, 9.17) is 10.5 Å². The van der Waals surface area contributed by atoms with Crippen LogP contribution in [0.5, 0.6) is 5.75 Å². The zero-order valence-corrected chi connectivity index (χ0v) is 14.5. The van der Waals surface area contributed by atoms with Crippen LogP contribution in [-0.4, -0.2) is 31.2 Å². The number of hydrogen-bond donors (Lipinski definition) is 1. The Morgan fingerprint density at radius 3 is 2.43 bits per heavy atom. The lowest BCUT2D eigenvalue weighted by Gasteiger charge is -2.18. The van der Waals surface area contributed by atoms with Crippen LogP contribution in [0.2, 0.25) is 0 Å². The molecule has 2 rings (SSSR count). The second-order valence-electron chi connectivity index (χ2n) is 5.36. The number of hydrogen-bond acceptors (Lipinski definition) is 4. The summed E-state index contributed by atoms with van der Waals surface area (Å²) in [6.07, 6.45) is 2.39. The molecule has 0 fully saturated rings. The maximum Gasteiger partial charge on any atom is 0.227 e. The first kappa shape index (κ1) is 17.2. The molecule has 2 N–H and O–H groups in total. The highest BCUT2D eigenvalue weighted by atomic mass is 32.2. The Morgan fingerprint density at radius 2 is 1.83 bits per heavy atom. The number of anilines is 1. The number of nitrogen functional groups attached to an aromatic ring is 1. The van der Waals surface area contributed by atoms with Gasteiger partial charge in [-0.3, -0.25) is 4.79 Å². The second-order valence-corrected chi connectivity index (χ2v) is 6.21. The second kappa shape index (κ2) is 7.92. The Kier molecular flexibility index (Phi) is 5.93. The summed E-state index contributed by atoms with van der Waals surface area (Å²) < 4.78 is 5.39. The van der Waals surface area contributed by atoms with Crippen molar-refractivity contribution in [3.05, 3.63) is 53.6 Å². The van der Waals surface area contributed by atoms with Crippen LogP contribution in [0.3, 0.4) is 0 Å². The van der Waals surface area contributed by atoms with Gasteiger partial charge in [0, 0.05) is 24.2 Å². The molecule has 0 heterocycles. The van der Waals surface area contributed by atoms with Gasteiger partial charge < -0.3 is 15.4 Å². The number of likely N-dealkylation sites (N-methyl/N-ethyl adjacent to an activating group) is 1. The van der Waals surface area contributed by atoms with Crippen molar-refractivity contribution in [1.29, 1.82) is 0 Å². The smallest absolute Gasteiger partial charge is 0.227 e. The van der Waals surface area contributed by atoms with Crippen LogP contribution in [0.25, 0.3) is 0 Å². The number of carbonyl (C=O) groups excluding carboxylic acids is 1. The minimum atomic E-state index is 0.0719. The van der Waals surface area contributed by atoms with Gasteiger partial charge in [-0.05, 0) is 41.6 Å². The Hall–Kier alpha value is -2.14. The highest BCUT2D eigenvalue weighted by molar-refractivity contribution is 7.98. The lowest BCUT2D eigenvalue weighted by atomic mass is 10.1. The number of amides is 1. The van der Waals surface area contributed by atoms with E-state index in [1.54, 1.807) is 23.8 Å². The number of carbonyl (C=O) groups is 1. The summed E-state index contributed by atoms with van der Waals surface area (Å²) in [7, 11) is 3.48. The lowest BCUT2D eigenvalue weighted by Crippen LogP contribution is -2.27. The van der Waals surface area contributed by atoms with E-state index in [1.165, 1.54) is 0 Å². The Balaban J connectivity index is 2.01. The van der Waals surface area contributed by atoms with Gasteiger partial charge in [0.2, 0.25) is 5.91 Å². The lowest BCUT2D eigenvalue weighted by molar-refractivity contribution is -0.129. The summed E-state index contributed by atoms with van der Waals surface area (Å²) in [5.74, 6) is 0.914. The van der Waals surface area contributed by atoms with E-state index in [0.29, 0.717) is 18.7 Å². The fourth-order valence-electron chi connectivity index (χ4n) is 2.29. The Labute approximate surface area is 141 Å². The third-order valence-electron chi connectivity index (χ3n) is 3.63. The predicted octanol–water partition coefficient (Wildman–Crippen LogP) is 3.20. The molecular weight excluding hydrogens is 308 g/mol. The molecule has 0 aliphatic heterocycles. The number of nitrogens with zero attached hydrogens (tertiary/aromatic N) is 1. The zero-order chi connectivity index (χ0) is 16.8. The minimum absolute atomic E-state index is 0.0719. The van der Waals surface area contributed by atoms with E-state index < -0.39 is 0 Å². The first-order valence-corrected chi connectivity index (χ1v) is 8.55. The van der Waals surface area contributed by atoms with Crippen molar-refractivity contribution in [3.63, 3.8) is 0 Å². The van der Waals surface area contributed by atoms with Crippen molar-refractivity contribution in [2.75, 3.05) is 26.1 Å². The van der Waals surface area contributed by atoms with E-state index in [1.807, 2.05) is 55.8 Å². The van der Waals surface area contributed by atoms with Gasteiger partial charge in [0.25, 0.3) is 0 Å². The van der Waals surface area contributed by atoms with Crippen LogP contribution in [0.4, 0.5) is 5.69 Å². The third kappa shape index (κ3) is 4.66. The standard InChI is InChI=1S/C18H22N2O2S/c1-20(18(21)11-13-4-7-15(19)8-5-13)12-14-6-9-17(23-3)16(10-14)22-2/h4-10H,11-12,19H2,1-3H3. The van der Waals surface area contributed by atoms with Crippen LogP contribution in [0.15, 0.2) is 47.4 Å². The van der Waals surface area contributed by atoms with Gasteiger partial charge in [-0.2, -0.15) is 0 Å². The quantitative estimate of drug-likeness (QED) is 0.653. The number of methoxy groups -OCH3 is 1. The molecule has 0 aliphatic carbocycles. The average molecular weight is 330 g/mol. The fourth-order valence-corrected chi connectivity index (χ4v) is 2.83. The maximum atomic E-state index is 12.3. The summed E-state index contributed by atoms with van der Waals surface area (Å²) in [6, 6.07) is 13.4. The van der Waals surface area contributed by atoms with Crippen LogP contribution >= 0.6 is 11.8 Å². The topological polar surface area (TPSA) is 55.6 Å². The number of nitrogens with two attached hydrogens (primary N) is 1. The zero-order valence-electron chi connectivity index (χ0n) is 13.7. The minimum Gasteiger partial charge on any atom is -0.496 e. The highest BCUT2D eigenvalue weighted by Crippen LogP contribution is 2.28. The van der Waals surface area contributed by atoms with Gasteiger partial charge in [0.15, 0.2) is 0 Å². The Morgan fingerprint density at radius 1 is 1.17 bits per heavy atom. The summed E-state index contributed by atoms with van der Waals surface area (Å²) >= 11 is 1.64. The molecule has 0 atom stereocenters. The van der Waals surface area contributed by atoms with Gasteiger partial charge in [-0.1, -0.05) is 18.2 Å². The van der Waals surface area contributed by atoms with E-state index in [-0.39, 0.29) is 5.91 Å². The summed E-state index contributed by atoms with van der Waals surface area (Å²) in [5, 5.41) is 0. The molecule has 0 saturated heterocycles. The van der Waals surface area contributed by atoms with E-state index in [2.05, 4.69) is 0 Å². The number of ether oxygens (including phenoxy) is 1. The molecule has 0 radical (unpaired) electrons. The molecule has 0 unspecified atom stereocenters. The monoisotopic (exact) mass is 330 g/mol.